The second-order valence-electron chi connectivity index (χ2n) is 5.25. The van der Waals surface area contributed by atoms with Crippen molar-refractivity contribution in [2.24, 2.45) is 22.7 Å². The Morgan fingerprint density at radius 1 is 1.45 bits per heavy atom. The molecule has 1 fully saturated rings. The largest absolute Gasteiger partial charge is 0.409 e. The van der Waals surface area contributed by atoms with Crippen molar-refractivity contribution < 1.29 is 23.2 Å². The summed E-state index contributed by atoms with van der Waals surface area (Å²) < 4.78 is 38.2. The molecule has 0 aromatic carbocycles. The van der Waals surface area contributed by atoms with Crippen LogP contribution in [-0.4, -0.2) is 41.1 Å². The maximum absolute atomic E-state index is 12.7. The van der Waals surface area contributed by atoms with Gasteiger partial charge in [-0.25, -0.2) is 0 Å². The molecule has 20 heavy (non-hydrogen) atoms. The standard InChI is InChI=1S/C12H20F3N3O2/c1-7(10(16)17-20)18(2)11(19)8-4-3-5-9(6-8)12(13,14)15/h7-9,20H,3-6H2,1-2H3,(H2,16,17). The van der Waals surface area contributed by atoms with Gasteiger partial charge in [0.1, 0.15) is 0 Å². The van der Waals surface area contributed by atoms with Crippen molar-refractivity contribution in [3.63, 3.8) is 0 Å². The van der Waals surface area contributed by atoms with Gasteiger partial charge in [-0.15, -0.1) is 0 Å². The van der Waals surface area contributed by atoms with Crippen molar-refractivity contribution in [3.05, 3.63) is 0 Å². The van der Waals surface area contributed by atoms with Crippen molar-refractivity contribution in [2.45, 2.75) is 44.8 Å². The van der Waals surface area contributed by atoms with Gasteiger partial charge in [0.05, 0.1) is 12.0 Å². The molecule has 5 nitrogen and oxygen atoms in total. The molecule has 0 saturated heterocycles. The molecule has 3 atom stereocenters. The third-order valence-electron chi connectivity index (χ3n) is 3.96. The van der Waals surface area contributed by atoms with Gasteiger partial charge in [-0.05, 0) is 26.2 Å². The minimum atomic E-state index is -4.26. The van der Waals surface area contributed by atoms with Gasteiger partial charge in [0, 0.05) is 13.0 Å². The smallest absolute Gasteiger partial charge is 0.391 e. The zero-order valence-corrected chi connectivity index (χ0v) is 11.5. The predicted octanol–water partition coefficient (Wildman–Crippen LogP) is 1.95. The third kappa shape index (κ3) is 3.77. The number of nitrogens with two attached hydrogens (primary N) is 1. The van der Waals surface area contributed by atoms with Crippen LogP contribution in [-0.2, 0) is 4.79 Å². The monoisotopic (exact) mass is 295 g/mol. The Morgan fingerprint density at radius 2 is 2.05 bits per heavy atom. The molecule has 1 saturated carbocycles. The predicted molar refractivity (Wildman–Crippen MR) is 67.1 cm³/mol. The Balaban J connectivity index is 2.72. The van der Waals surface area contributed by atoms with E-state index in [1.165, 1.54) is 11.9 Å². The Kier molecular flexibility index (Phi) is 5.24. The maximum Gasteiger partial charge on any atom is 0.391 e. The molecule has 0 spiro atoms. The summed E-state index contributed by atoms with van der Waals surface area (Å²) in [5, 5.41) is 11.4. The minimum absolute atomic E-state index is 0.0762. The molecule has 0 aromatic rings. The zero-order valence-electron chi connectivity index (χ0n) is 11.5. The number of rotatable bonds is 3. The van der Waals surface area contributed by atoms with Gasteiger partial charge in [-0.3, -0.25) is 4.79 Å². The highest BCUT2D eigenvalue weighted by atomic mass is 19.4. The topological polar surface area (TPSA) is 78.9 Å². The van der Waals surface area contributed by atoms with Crippen molar-refractivity contribution in [2.75, 3.05) is 7.05 Å². The highest BCUT2D eigenvalue weighted by Crippen LogP contribution is 2.40. The van der Waals surface area contributed by atoms with Crippen molar-refractivity contribution >= 4 is 11.7 Å². The molecule has 0 heterocycles. The van der Waals surface area contributed by atoms with Crippen molar-refractivity contribution in [1.29, 1.82) is 0 Å². The normalized spacial score (nSPS) is 26.1. The van der Waals surface area contributed by atoms with Crippen LogP contribution in [0.15, 0.2) is 5.16 Å². The Hall–Kier alpha value is -1.47. The lowest BCUT2D eigenvalue weighted by Gasteiger charge is -2.33. The van der Waals surface area contributed by atoms with Crippen LogP contribution in [0, 0.1) is 11.8 Å². The molecule has 1 aliphatic carbocycles. The second-order valence-corrected chi connectivity index (χ2v) is 5.25. The number of oxime groups is 1. The van der Waals surface area contributed by atoms with Crippen LogP contribution in [0.2, 0.25) is 0 Å². The van der Waals surface area contributed by atoms with Crippen molar-refractivity contribution in [3.8, 4) is 0 Å². The number of hydrogen-bond acceptors (Lipinski definition) is 3. The molecule has 116 valence electrons. The van der Waals surface area contributed by atoms with E-state index in [4.69, 9.17) is 10.9 Å². The van der Waals surface area contributed by atoms with Crippen LogP contribution in [0.1, 0.15) is 32.6 Å². The summed E-state index contributed by atoms with van der Waals surface area (Å²) in [6.45, 7) is 1.55. The van der Waals surface area contributed by atoms with E-state index in [2.05, 4.69) is 5.16 Å². The molecular formula is C12H20F3N3O2. The lowest BCUT2D eigenvalue weighted by molar-refractivity contribution is -0.187. The summed E-state index contributed by atoms with van der Waals surface area (Å²) in [4.78, 5) is 13.4. The van der Waals surface area contributed by atoms with Gasteiger partial charge in [-0.1, -0.05) is 11.6 Å². The van der Waals surface area contributed by atoms with Gasteiger partial charge in [0.15, 0.2) is 5.84 Å². The fourth-order valence-electron chi connectivity index (χ4n) is 2.47. The zero-order chi connectivity index (χ0) is 15.5. The number of halogens is 3. The summed E-state index contributed by atoms with van der Waals surface area (Å²) in [6.07, 6.45) is -3.54. The summed E-state index contributed by atoms with van der Waals surface area (Å²) in [6, 6.07) is -0.654. The number of carbonyl (C=O) groups is 1. The van der Waals surface area contributed by atoms with Crippen LogP contribution in [0.3, 0.4) is 0 Å². The van der Waals surface area contributed by atoms with E-state index < -0.39 is 30.0 Å². The molecule has 0 bridgehead atoms. The maximum atomic E-state index is 12.7. The number of alkyl halides is 3. The van der Waals surface area contributed by atoms with Crippen LogP contribution >= 0.6 is 0 Å². The van der Waals surface area contributed by atoms with E-state index in [0.717, 1.165) is 0 Å². The molecule has 8 heteroatoms. The third-order valence-corrected chi connectivity index (χ3v) is 3.96. The molecule has 3 unspecified atom stereocenters. The molecule has 1 amide bonds. The number of amides is 1. The fraction of sp³-hybridized carbons (Fsp3) is 0.833. The highest BCUT2D eigenvalue weighted by Gasteiger charge is 2.44. The Labute approximate surface area is 115 Å². The second kappa shape index (κ2) is 6.32. The molecule has 3 N–H and O–H groups in total. The number of amidine groups is 1. The van der Waals surface area contributed by atoms with Crippen LogP contribution in [0.4, 0.5) is 13.2 Å². The van der Waals surface area contributed by atoms with Crippen LogP contribution < -0.4 is 5.73 Å². The molecule has 1 aliphatic rings. The first kappa shape index (κ1) is 16.6. The lowest BCUT2D eigenvalue weighted by Crippen LogP contribution is -2.47. The van der Waals surface area contributed by atoms with E-state index in [-0.39, 0.29) is 18.7 Å². The summed E-state index contributed by atoms with van der Waals surface area (Å²) in [7, 11) is 1.45. The molecule has 0 aromatic heterocycles. The van der Waals surface area contributed by atoms with E-state index in [0.29, 0.717) is 12.8 Å². The average molecular weight is 295 g/mol. The number of likely N-dealkylation sites (N-methyl/N-ethyl adjacent to an activating group) is 1. The van der Waals surface area contributed by atoms with Gasteiger partial charge >= 0.3 is 6.18 Å². The summed E-state index contributed by atoms with van der Waals surface area (Å²) >= 11 is 0. The van der Waals surface area contributed by atoms with E-state index >= 15 is 0 Å². The van der Waals surface area contributed by atoms with E-state index in [1.54, 1.807) is 6.92 Å². The number of carbonyl (C=O) groups excluding carboxylic acids is 1. The van der Waals surface area contributed by atoms with E-state index in [1.807, 2.05) is 0 Å². The minimum Gasteiger partial charge on any atom is -0.409 e. The average Bonchev–Trinajstić information content (AvgIpc) is 2.43. The van der Waals surface area contributed by atoms with Gasteiger partial charge in [0.25, 0.3) is 0 Å². The van der Waals surface area contributed by atoms with Crippen LogP contribution in [0.5, 0.6) is 0 Å². The quantitative estimate of drug-likeness (QED) is 0.361. The van der Waals surface area contributed by atoms with Gasteiger partial charge < -0.3 is 15.8 Å². The molecule has 0 aliphatic heterocycles. The first-order valence-corrected chi connectivity index (χ1v) is 6.49. The van der Waals surface area contributed by atoms with Crippen LogP contribution in [0.25, 0.3) is 0 Å². The highest BCUT2D eigenvalue weighted by molar-refractivity contribution is 5.90. The summed E-state index contributed by atoms with van der Waals surface area (Å²) in [5.41, 5.74) is 5.41. The Morgan fingerprint density at radius 3 is 2.55 bits per heavy atom. The SMILES string of the molecule is CC(C(N)=NO)N(C)C(=O)C1CCCC(C(F)(F)F)C1. The van der Waals surface area contributed by atoms with Gasteiger partial charge in [0.2, 0.25) is 5.91 Å². The number of nitrogens with zero attached hydrogens (tertiary/aromatic N) is 2. The fourth-order valence-corrected chi connectivity index (χ4v) is 2.47. The first-order valence-electron chi connectivity index (χ1n) is 6.49. The first-order chi connectivity index (χ1) is 9.18. The number of hydrogen-bond donors (Lipinski definition) is 2. The van der Waals surface area contributed by atoms with Crippen molar-refractivity contribution in [1.82, 2.24) is 4.90 Å². The molecular weight excluding hydrogens is 275 g/mol. The van der Waals surface area contributed by atoms with Gasteiger partial charge in [-0.2, -0.15) is 13.2 Å². The Bertz CT molecular complexity index is 385. The summed E-state index contributed by atoms with van der Waals surface area (Å²) in [5.74, 6) is -2.62. The molecule has 1 rings (SSSR count). The molecule has 0 radical (unpaired) electrons. The lowest BCUT2D eigenvalue weighted by atomic mass is 9.80. The van der Waals surface area contributed by atoms with E-state index in [9.17, 15) is 18.0 Å².